The number of fused-ring (bicyclic) bond motifs is 1. The molecule has 1 aliphatic rings. The van der Waals surface area contributed by atoms with Crippen LogP contribution in [0.25, 0.3) is 17.5 Å². The number of nitriles is 2. The van der Waals surface area contributed by atoms with Gasteiger partial charge in [-0.25, -0.2) is 0 Å². The number of nitrogens with zero attached hydrogens (tertiary/aromatic N) is 5. The number of nitrogens with two attached hydrogens (primary N) is 1. The summed E-state index contributed by atoms with van der Waals surface area (Å²) in [7, 11) is 0. The summed E-state index contributed by atoms with van der Waals surface area (Å²) in [4.78, 5) is 34.3. The molecule has 1 aliphatic heterocycles. The smallest absolute Gasteiger partial charge is 0.274 e. The van der Waals surface area contributed by atoms with Crippen LogP contribution in [0.5, 0.6) is 0 Å². The average Bonchev–Trinajstić information content (AvgIpc) is 3.15. The van der Waals surface area contributed by atoms with Crippen molar-refractivity contribution < 1.29 is 9.85 Å². The maximum atomic E-state index is 13.1. The van der Waals surface area contributed by atoms with Crippen LogP contribution in [0.4, 0.5) is 11.4 Å². The first-order valence-corrected chi connectivity index (χ1v) is 10.3. The van der Waals surface area contributed by atoms with Crippen LogP contribution in [-0.4, -0.2) is 14.4 Å². The van der Waals surface area contributed by atoms with Gasteiger partial charge >= 0.3 is 0 Å². The average molecular weight is 472 g/mol. The Balaban J connectivity index is 2.02. The van der Waals surface area contributed by atoms with Crippen LogP contribution in [0.1, 0.15) is 17.0 Å². The highest BCUT2D eigenvalue weighted by Crippen LogP contribution is 2.36. The second-order valence-corrected chi connectivity index (χ2v) is 8.16. The molecule has 1 atom stereocenters. The fourth-order valence-corrected chi connectivity index (χ4v) is 4.81. The lowest BCUT2D eigenvalue weighted by Gasteiger charge is -2.22. The number of hydrogen-bond acceptors (Lipinski definition) is 9. The molecule has 0 spiro atoms. The van der Waals surface area contributed by atoms with Crippen molar-refractivity contribution in [2.75, 3.05) is 0 Å². The molecule has 3 aromatic rings. The van der Waals surface area contributed by atoms with E-state index in [-0.39, 0.29) is 37.5 Å². The maximum absolute atomic E-state index is 13.1. The third-order valence-electron chi connectivity index (χ3n) is 5.18. The van der Waals surface area contributed by atoms with Crippen molar-refractivity contribution in [3.63, 3.8) is 0 Å². The van der Waals surface area contributed by atoms with Gasteiger partial charge in [-0.3, -0.25) is 29.6 Å². The Morgan fingerprint density at radius 2 is 1.62 bits per heavy atom. The Morgan fingerprint density at radius 1 is 1.00 bits per heavy atom. The van der Waals surface area contributed by atoms with E-state index in [1.54, 1.807) is 6.07 Å². The first-order valence-electron chi connectivity index (χ1n) is 9.53. The summed E-state index contributed by atoms with van der Waals surface area (Å²) in [6.45, 7) is 0. The van der Waals surface area contributed by atoms with Gasteiger partial charge in [-0.15, -0.1) is 11.3 Å². The number of hydrogen-bond donors (Lipinski definition) is 1. The zero-order valence-corrected chi connectivity index (χ0v) is 17.9. The van der Waals surface area contributed by atoms with Crippen molar-refractivity contribution in [2.24, 2.45) is 5.73 Å². The van der Waals surface area contributed by atoms with Gasteiger partial charge in [0.25, 0.3) is 16.9 Å². The Bertz CT molecular complexity index is 1690. The summed E-state index contributed by atoms with van der Waals surface area (Å²) in [5, 5.41) is 42.0. The lowest BCUT2D eigenvalue weighted by atomic mass is 9.84. The molecule has 166 valence electrons. The van der Waals surface area contributed by atoms with Gasteiger partial charge in [0.05, 0.1) is 43.6 Å². The van der Waals surface area contributed by atoms with Crippen LogP contribution in [-0.2, 0) is 0 Å². The van der Waals surface area contributed by atoms with Crippen LogP contribution in [0.15, 0.2) is 58.9 Å². The van der Waals surface area contributed by atoms with Crippen molar-refractivity contribution in [3.8, 4) is 12.1 Å². The molecule has 0 fully saturated rings. The minimum absolute atomic E-state index is 0.0343. The summed E-state index contributed by atoms with van der Waals surface area (Å²) in [6, 6.07) is 15.1. The standard InChI is InChI=1S/C22H12N6O5S/c23-10-16-19(13-4-2-6-15(9-13)28(32)33)17(11-24)22-26(20(16)25)21(29)18(34-22)8-12-3-1-5-14(7-12)27(30)31/h1-9,19H,25H2/b18-8+/t19-/m1/s1. The van der Waals surface area contributed by atoms with Gasteiger partial charge < -0.3 is 5.73 Å². The van der Waals surface area contributed by atoms with E-state index in [4.69, 9.17) is 5.73 Å². The van der Waals surface area contributed by atoms with Gasteiger partial charge in [-0.2, -0.15) is 10.5 Å². The number of allylic oxidation sites excluding steroid dienone is 1. The molecule has 0 amide bonds. The summed E-state index contributed by atoms with van der Waals surface area (Å²) in [6.07, 6.45) is 1.43. The molecule has 4 rings (SSSR count). The number of benzene rings is 2. The third-order valence-corrected chi connectivity index (χ3v) is 6.29. The maximum Gasteiger partial charge on any atom is 0.274 e. The third kappa shape index (κ3) is 3.60. The highest BCUT2D eigenvalue weighted by Gasteiger charge is 2.32. The number of nitro benzene ring substituents is 2. The number of thiazole rings is 1. The molecule has 2 aromatic carbocycles. The zero-order valence-electron chi connectivity index (χ0n) is 17.0. The molecular weight excluding hydrogens is 460 g/mol. The van der Waals surface area contributed by atoms with E-state index in [0.29, 0.717) is 11.1 Å². The van der Waals surface area contributed by atoms with E-state index in [1.165, 1.54) is 48.5 Å². The molecule has 0 unspecified atom stereocenters. The van der Waals surface area contributed by atoms with E-state index < -0.39 is 21.3 Å². The zero-order chi connectivity index (χ0) is 24.6. The monoisotopic (exact) mass is 472 g/mol. The van der Waals surface area contributed by atoms with Crippen molar-refractivity contribution in [2.45, 2.75) is 5.92 Å². The number of nitro groups is 2. The van der Waals surface area contributed by atoms with Crippen LogP contribution in [0, 0.1) is 42.9 Å². The molecule has 2 N–H and O–H groups in total. The quantitative estimate of drug-likeness (QED) is 0.439. The Morgan fingerprint density at radius 3 is 2.24 bits per heavy atom. The van der Waals surface area contributed by atoms with Crippen molar-refractivity contribution in [1.29, 1.82) is 10.5 Å². The molecule has 11 nitrogen and oxygen atoms in total. The summed E-state index contributed by atoms with van der Waals surface area (Å²) < 4.78 is 1.37. The van der Waals surface area contributed by atoms with Crippen LogP contribution in [0.3, 0.4) is 0 Å². The number of non-ortho nitro benzene ring substituents is 2. The lowest BCUT2D eigenvalue weighted by molar-refractivity contribution is -0.385. The van der Waals surface area contributed by atoms with Crippen LogP contribution >= 0.6 is 11.3 Å². The predicted molar refractivity (Wildman–Crippen MR) is 122 cm³/mol. The molecule has 12 heteroatoms. The van der Waals surface area contributed by atoms with E-state index in [0.717, 1.165) is 15.9 Å². The normalized spacial score (nSPS) is 15.4. The molecule has 1 aromatic heterocycles. The summed E-state index contributed by atoms with van der Waals surface area (Å²) in [5.41, 5.74) is 5.85. The predicted octanol–water partition coefficient (Wildman–Crippen LogP) is 1.68. The topological polar surface area (TPSA) is 182 Å². The second-order valence-electron chi connectivity index (χ2n) is 7.13. The number of aromatic nitrogens is 1. The lowest BCUT2D eigenvalue weighted by Crippen LogP contribution is -2.38. The van der Waals surface area contributed by atoms with E-state index >= 15 is 0 Å². The first-order chi connectivity index (χ1) is 16.3. The van der Waals surface area contributed by atoms with Gasteiger partial charge in [0.1, 0.15) is 10.5 Å². The molecule has 0 bridgehead atoms. The van der Waals surface area contributed by atoms with Gasteiger partial charge in [0, 0.05) is 24.3 Å². The highest BCUT2D eigenvalue weighted by atomic mass is 32.1. The minimum atomic E-state index is -1.00. The Kier molecular flexibility index (Phi) is 5.51. The molecule has 0 radical (unpaired) electrons. The van der Waals surface area contributed by atoms with Crippen molar-refractivity contribution >= 4 is 40.2 Å². The minimum Gasteiger partial charge on any atom is -0.384 e. The summed E-state index contributed by atoms with van der Waals surface area (Å²) >= 11 is 0.937. The van der Waals surface area contributed by atoms with Gasteiger partial charge in [-0.05, 0) is 17.2 Å². The Labute approximate surface area is 194 Å². The van der Waals surface area contributed by atoms with Crippen molar-refractivity contribution in [3.05, 3.63) is 105 Å². The molecule has 2 heterocycles. The van der Waals surface area contributed by atoms with E-state index in [9.17, 15) is 35.5 Å². The molecule has 0 saturated heterocycles. The fourth-order valence-electron chi connectivity index (χ4n) is 3.68. The van der Waals surface area contributed by atoms with Crippen LogP contribution in [0.2, 0.25) is 0 Å². The number of rotatable bonds is 4. The van der Waals surface area contributed by atoms with E-state index in [2.05, 4.69) is 0 Å². The molecule has 34 heavy (non-hydrogen) atoms. The molecular formula is C22H12N6O5S. The van der Waals surface area contributed by atoms with E-state index in [1.807, 2.05) is 12.1 Å². The van der Waals surface area contributed by atoms with Crippen LogP contribution < -0.4 is 20.5 Å². The second kappa shape index (κ2) is 8.46. The van der Waals surface area contributed by atoms with Gasteiger partial charge in [-0.1, -0.05) is 24.3 Å². The first kappa shape index (κ1) is 22.1. The van der Waals surface area contributed by atoms with Gasteiger partial charge in [0.2, 0.25) is 0 Å². The Hall–Kier alpha value is -5.07. The van der Waals surface area contributed by atoms with Crippen molar-refractivity contribution in [1.82, 2.24) is 4.57 Å². The highest BCUT2D eigenvalue weighted by molar-refractivity contribution is 7.07. The molecule has 0 saturated carbocycles. The van der Waals surface area contributed by atoms with Gasteiger partial charge in [0.15, 0.2) is 0 Å². The summed E-state index contributed by atoms with van der Waals surface area (Å²) in [5.74, 6) is -1.19. The largest absolute Gasteiger partial charge is 0.384 e. The SMILES string of the molecule is N#CC1=C(N)n2c(s/c(=C/c3cccc([N+](=O)[O-])c3)c2=O)=C(C#N)[C@@H]1c1cccc([N+](=O)[O-])c1. The molecule has 0 aliphatic carbocycles. The fraction of sp³-hybridized carbons (Fsp3) is 0.0455.